The summed E-state index contributed by atoms with van der Waals surface area (Å²) in [5, 5.41) is 1.47. The lowest BCUT2D eigenvalue weighted by Gasteiger charge is -2.27. The molecule has 0 spiro atoms. The van der Waals surface area contributed by atoms with Gasteiger partial charge in [0.15, 0.2) is 0 Å². The lowest BCUT2D eigenvalue weighted by atomic mass is 10.0. The molecule has 1 aromatic carbocycles. The largest absolute Gasteiger partial charge is 0.346 e. The first kappa shape index (κ1) is 13.7. The molecule has 108 valence electrons. The molecule has 0 bridgehead atoms. The predicted molar refractivity (Wildman–Crippen MR) is 86.0 cm³/mol. The highest BCUT2D eigenvalue weighted by Crippen LogP contribution is 2.29. The van der Waals surface area contributed by atoms with Crippen molar-refractivity contribution in [3.8, 4) is 0 Å². The molecular formula is C18H26N2. The summed E-state index contributed by atoms with van der Waals surface area (Å²) >= 11 is 0. The van der Waals surface area contributed by atoms with Gasteiger partial charge in [-0.15, -0.1) is 0 Å². The molecule has 0 amide bonds. The summed E-state index contributed by atoms with van der Waals surface area (Å²) in [6, 6.07) is 8.85. The molecule has 0 saturated heterocycles. The number of nitrogens with zero attached hydrogens (tertiary/aromatic N) is 2. The van der Waals surface area contributed by atoms with E-state index in [2.05, 4.69) is 47.7 Å². The minimum Gasteiger partial charge on any atom is -0.346 e. The molecule has 3 rings (SSSR count). The van der Waals surface area contributed by atoms with Gasteiger partial charge in [-0.1, -0.05) is 44.4 Å². The highest BCUT2D eigenvalue weighted by atomic mass is 15.2. The lowest BCUT2D eigenvalue weighted by molar-refractivity contribution is 0.243. The van der Waals surface area contributed by atoms with Gasteiger partial charge in [-0.2, -0.15) is 0 Å². The molecule has 1 aliphatic rings. The maximum atomic E-state index is 2.64. The van der Waals surface area contributed by atoms with Gasteiger partial charge in [0.1, 0.15) is 0 Å². The van der Waals surface area contributed by atoms with Crippen LogP contribution in [0, 0.1) is 0 Å². The Kier molecular flexibility index (Phi) is 4.11. The molecule has 2 heteroatoms. The number of para-hydroxylation sites is 1. The zero-order valence-electron chi connectivity index (χ0n) is 12.9. The average Bonchev–Trinajstić information content (AvgIpc) is 2.77. The number of unbranched alkanes of at least 4 members (excludes halogenated alkanes) is 3. The van der Waals surface area contributed by atoms with Crippen LogP contribution in [0.4, 0.5) is 0 Å². The Morgan fingerprint density at radius 3 is 2.80 bits per heavy atom. The zero-order chi connectivity index (χ0) is 13.9. The fourth-order valence-electron chi connectivity index (χ4n) is 3.52. The van der Waals surface area contributed by atoms with Crippen molar-refractivity contribution in [2.24, 2.45) is 7.05 Å². The highest BCUT2D eigenvalue weighted by molar-refractivity contribution is 5.85. The normalized spacial score (nSPS) is 15.7. The number of aryl methyl sites for hydroxylation is 1. The van der Waals surface area contributed by atoms with Crippen molar-refractivity contribution < 1.29 is 0 Å². The summed E-state index contributed by atoms with van der Waals surface area (Å²) in [5.74, 6) is 0. The smallest absolute Gasteiger partial charge is 0.0483 e. The van der Waals surface area contributed by atoms with E-state index in [4.69, 9.17) is 0 Å². The van der Waals surface area contributed by atoms with E-state index in [0.717, 1.165) is 6.54 Å². The summed E-state index contributed by atoms with van der Waals surface area (Å²) in [6.45, 7) is 5.91. The summed E-state index contributed by atoms with van der Waals surface area (Å²) in [6.07, 6.45) is 6.66. The molecule has 0 atom stereocenters. The molecule has 2 nitrogen and oxygen atoms in total. The van der Waals surface area contributed by atoms with E-state index in [1.165, 1.54) is 61.8 Å². The van der Waals surface area contributed by atoms with Crippen LogP contribution in [-0.2, 0) is 20.0 Å². The third kappa shape index (κ3) is 2.49. The number of benzene rings is 1. The maximum Gasteiger partial charge on any atom is 0.0483 e. The van der Waals surface area contributed by atoms with Crippen LogP contribution in [0.15, 0.2) is 24.3 Å². The maximum absolute atomic E-state index is 2.64. The van der Waals surface area contributed by atoms with Crippen molar-refractivity contribution in [3.63, 3.8) is 0 Å². The Morgan fingerprint density at radius 1 is 1.10 bits per heavy atom. The zero-order valence-corrected chi connectivity index (χ0v) is 12.9. The molecule has 20 heavy (non-hydrogen) atoms. The first-order chi connectivity index (χ1) is 9.81. The van der Waals surface area contributed by atoms with Gasteiger partial charge in [-0.25, -0.2) is 0 Å². The lowest BCUT2D eigenvalue weighted by Crippen LogP contribution is -2.32. The SMILES string of the molecule is CCCCCCN1CCc2c(n(C)c3ccccc23)C1. The number of aromatic nitrogens is 1. The van der Waals surface area contributed by atoms with Crippen LogP contribution < -0.4 is 0 Å². The molecular weight excluding hydrogens is 244 g/mol. The van der Waals surface area contributed by atoms with Gasteiger partial charge in [0, 0.05) is 36.7 Å². The third-order valence-electron chi connectivity index (χ3n) is 4.72. The Labute approximate surface area is 122 Å². The Hall–Kier alpha value is -1.28. The average molecular weight is 270 g/mol. The summed E-state index contributed by atoms with van der Waals surface area (Å²) in [4.78, 5) is 2.64. The van der Waals surface area contributed by atoms with Crippen LogP contribution in [0.2, 0.25) is 0 Å². The Morgan fingerprint density at radius 2 is 1.95 bits per heavy atom. The number of fused-ring (bicyclic) bond motifs is 3. The Balaban J connectivity index is 1.74. The van der Waals surface area contributed by atoms with Crippen molar-refractivity contribution in [2.75, 3.05) is 13.1 Å². The van der Waals surface area contributed by atoms with Gasteiger partial charge in [0.2, 0.25) is 0 Å². The van der Waals surface area contributed by atoms with Gasteiger partial charge in [-0.3, -0.25) is 4.90 Å². The minimum absolute atomic E-state index is 1.13. The standard InChI is InChI=1S/C18H26N2/c1-3-4-5-8-12-20-13-11-16-15-9-6-7-10-17(15)19(2)18(16)14-20/h6-7,9-10H,3-5,8,11-14H2,1-2H3. The van der Waals surface area contributed by atoms with E-state index in [9.17, 15) is 0 Å². The minimum atomic E-state index is 1.13. The van der Waals surface area contributed by atoms with E-state index in [1.54, 1.807) is 5.56 Å². The molecule has 0 N–H and O–H groups in total. The van der Waals surface area contributed by atoms with Crippen molar-refractivity contribution in [2.45, 2.75) is 45.6 Å². The summed E-state index contributed by atoms with van der Waals surface area (Å²) in [5.41, 5.74) is 4.52. The van der Waals surface area contributed by atoms with E-state index < -0.39 is 0 Å². The van der Waals surface area contributed by atoms with Crippen LogP contribution in [0.25, 0.3) is 10.9 Å². The molecule has 1 aliphatic heterocycles. The van der Waals surface area contributed by atoms with Crippen LogP contribution in [0.1, 0.15) is 43.9 Å². The van der Waals surface area contributed by atoms with Crippen LogP contribution in [-0.4, -0.2) is 22.6 Å². The van der Waals surface area contributed by atoms with Gasteiger partial charge < -0.3 is 4.57 Å². The second kappa shape index (κ2) is 6.01. The molecule has 0 saturated carbocycles. The molecule has 2 aromatic rings. The molecule has 0 unspecified atom stereocenters. The van der Waals surface area contributed by atoms with Crippen molar-refractivity contribution in [1.29, 1.82) is 0 Å². The molecule has 0 radical (unpaired) electrons. The van der Waals surface area contributed by atoms with Gasteiger partial charge in [0.25, 0.3) is 0 Å². The number of hydrogen-bond donors (Lipinski definition) is 0. The topological polar surface area (TPSA) is 8.17 Å². The number of rotatable bonds is 5. The first-order valence-electron chi connectivity index (χ1n) is 8.08. The summed E-state index contributed by atoms with van der Waals surface area (Å²) < 4.78 is 2.41. The quantitative estimate of drug-likeness (QED) is 0.742. The predicted octanol–water partition coefficient (Wildman–Crippen LogP) is 4.12. The summed E-state index contributed by atoms with van der Waals surface area (Å²) in [7, 11) is 2.22. The fraction of sp³-hybridized carbons (Fsp3) is 0.556. The third-order valence-corrected chi connectivity index (χ3v) is 4.72. The van der Waals surface area contributed by atoms with Crippen LogP contribution in [0.5, 0.6) is 0 Å². The van der Waals surface area contributed by atoms with E-state index >= 15 is 0 Å². The van der Waals surface area contributed by atoms with Crippen molar-refractivity contribution in [3.05, 3.63) is 35.5 Å². The van der Waals surface area contributed by atoms with Gasteiger partial charge in [0.05, 0.1) is 0 Å². The second-order valence-electron chi connectivity index (χ2n) is 6.09. The van der Waals surface area contributed by atoms with Crippen LogP contribution >= 0.6 is 0 Å². The number of hydrogen-bond acceptors (Lipinski definition) is 1. The molecule has 1 aromatic heterocycles. The second-order valence-corrected chi connectivity index (χ2v) is 6.09. The molecule has 2 heterocycles. The van der Waals surface area contributed by atoms with E-state index in [0.29, 0.717) is 0 Å². The first-order valence-corrected chi connectivity index (χ1v) is 8.08. The van der Waals surface area contributed by atoms with Gasteiger partial charge >= 0.3 is 0 Å². The molecule has 0 fully saturated rings. The van der Waals surface area contributed by atoms with Crippen LogP contribution in [0.3, 0.4) is 0 Å². The van der Waals surface area contributed by atoms with E-state index in [-0.39, 0.29) is 0 Å². The highest BCUT2D eigenvalue weighted by Gasteiger charge is 2.21. The Bertz CT molecular complexity index is 582. The fourth-order valence-corrected chi connectivity index (χ4v) is 3.52. The molecule has 0 aliphatic carbocycles. The van der Waals surface area contributed by atoms with Crippen molar-refractivity contribution >= 4 is 10.9 Å². The van der Waals surface area contributed by atoms with Gasteiger partial charge in [-0.05, 0) is 31.0 Å². The monoisotopic (exact) mass is 270 g/mol. The van der Waals surface area contributed by atoms with E-state index in [1.807, 2.05) is 0 Å². The van der Waals surface area contributed by atoms with Crippen molar-refractivity contribution in [1.82, 2.24) is 9.47 Å².